The van der Waals surface area contributed by atoms with Gasteiger partial charge in [-0.2, -0.15) is 0 Å². The number of nitrogens with zero attached hydrogens (tertiary/aromatic N) is 1. The topological polar surface area (TPSA) is 37.4 Å². The van der Waals surface area contributed by atoms with Crippen molar-refractivity contribution < 1.29 is 9.59 Å². The quantitative estimate of drug-likeness (QED) is 0.179. The smallest absolute Gasteiger partial charge is 0.197 e. The number of hydrogen-bond acceptors (Lipinski definition) is 6. The first-order valence-electron chi connectivity index (χ1n) is 10.8. The van der Waals surface area contributed by atoms with Gasteiger partial charge < -0.3 is 0 Å². The molecule has 5 aromatic rings. The molecule has 0 unspecified atom stereocenters. The van der Waals surface area contributed by atoms with Crippen molar-refractivity contribution in [1.82, 2.24) is 0 Å². The van der Waals surface area contributed by atoms with Gasteiger partial charge in [0.25, 0.3) is 0 Å². The van der Waals surface area contributed by atoms with Crippen LogP contribution in [0.4, 0.5) is 16.4 Å². The number of hydrogen-bond donors (Lipinski definition) is 0. The number of allylic oxidation sites excluding steroid dienone is 1. The van der Waals surface area contributed by atoms with Gasteiger partial charge in [0.1, 0.15) is 5.00 Å². The van der Waals surface area contributed by atoms with E-state index in [9.17, 15) is 9.59 Å². The van der Waals surface area contributed by atoms with E-state index in [1.54, 1.807) is 64.8 Å². The molecule has 7 rings (SSSR count). The zero-order valence-electron chi connectivity index (χ0n) is 17.6. The summed E-state index contributed by atoms with van der Waals surface area (Å²) >= 11 is 5.14. The van der Waals surface area contributed by atoms with Gasteiger partial charge in [-0.1, -0.05) is 60.3 Å². The number of carbonyl (C=O) groups excluding carboxylic acids is 2. The van der Waals surface area contributed by atoms with Crippen LogP contribution < -0.4 is 4.90 Å². The predicted molar refractivity (Wildman–Crippen MR) is 142 cm³/mol. The number of fused-ring (bicyclic) bond motifs is 4. The van der Waals surface area contributed by atoms with E-state index >= 15 is 0 Å². The Hall–Kier alpha value is -3.45. The molecule has 0 fully saturated rings. The van der Waals surface area contributed by atoms with Crippen molar-refractivity contribution in [3.63, 3.8) is 0 Å². The lowest BCUT2D eigenvalue weighted by Gasteiger charge is -2.31. The first-order valence-corrected chi connectivity index (χ1v) is 13.2. The molecular formula is C28H15NO2S3. The van der Waals surface area contributed by atoms with Gasteiger partial charge in [0.2, 0.25) is 0 Å². The lowest BCUT2D eigenvalue weighted by Crippen LogP contribution is -2.13. The van der Waals surface area contributed by atoms with Crippen LogP contribution in [0, 0.1) is 0 Å². The summed E-state index contributed by atoms with van der Waals surface area (Å²) in [5.41, 5.74) is 3.62. The SMILES string of the molecule is O=C1C(=Cc2cc3sc(N4c5ccccc5Sc5ccccc54)cc3s2)C(=O)c2ccccc21. The summed E-state index contributed by atoms with van der Waals surface area (Å²) in [6.45, 7) is 0. The van der Waals surface area contributed by atoms with Gasteiger partial charge in [0.05, 0.1) is 16.9 Å². The van der Waals surface area contributed by atoms with E-state index in [-0.39, 0.29) is 17.1 Å². The van der Waals surface area contributed by atoms with Gasteiger partial charge in [0.15, 0.2) is 11.6 Å². The summed E-state index contributed by atoms with van der Waals surface area (Å²) < 4.78 is 2.30. The first-order chi connectivity index (χ1) is 16.7. The second-order valence-corrected chi connectivity index (χ2v) is 11.4. The van der Waals surface area contributed by atoms with Crippen LogP contribution in [0.5, 0.6) is 0 Å². The maximum absolute atomic E-state index is 12.8. The molecule has 1 aliphatic heterocycles. The summed E-state index contributed by atoms with van der Waals surface area (Å²) in [5, 5.41) is 1.15. The van der Waals surface area contributed by atoms with Crippen LogP contribution >= 0.6 is 34.4 Å². The van der Waals surface area contributed by atoms with Gasteiger partial charge in [-0.25, -0.2) is 0 Å². The van der Waals surface area contributed by atoms with Crippen molar-refractivity contribution in [2.24, 2.45) is 0 Å². The van der Waals surface area contributed by atoms with E-state index in [1.165, 1.54) is 21.2 Å². The molecule has 2 aromatic heterocycles. The van der Waals surface area contributed by atoms with Crippen molar-refractivity contribution in [2.45, 2.75) is 9.79 Å². The molecule has 2 aliphatic rings. The zero-order chi connectivity index (χ0) is 22.8. The average Bonchev–Trinajstić information content (AvgIpc) is 3.50. The fourth-order valence-corrected chi connectivity index (χ4v) is 7.94. The molecule has 1 aliphatic carbocycles. The Kier molecular flexibility index (Phi) is 4.42. The number of thiophene rings is 2. The number of anilines is 3. The van der Waals surface area contributed by atoms with Crippen LogP contribution in [0.2, 0.25) is 0 Å². The monoisotopic (exact) mass is 493 g/mol. The van der Waals surface area contributed by atoms with Crippen molar-refractivity contribution in [3.05, 3.63) is 107 Å². The van der Waals surface area contributed by atoms with Gasteiger partial charge >= 0.3 is 0 Å². The predicted octanol–water partition coefficient (Wildman–Crippen LogP) is 8.36. The molecule has 0 N–H and O–H groups in total. The van der Waals surface area contributed by atoms with Gasteiger partial charge in [-0.15, -0.1) is 22.7 Å². The van der Waals surface area contributed by atoms with Crippen molar-refractivity contribution in [2.75, 3.05) is 4.90 Å². The van der Waals surface area contributed by atoms with E-state index in [1.807, 2.05) is 0 Å². The number of carbonyl (C=O) groups is 2. The van der Waals surface area contributed by atoms with Crippen molar-refractivity contribution >= 4 is 77.9 Å². The van der Waals surface area contributed by atoms with Crippen LogP contribution in [-0.2, 0) is 0 Å². The molecule has 0 bridgehead atoms. The molecule has 0 atom stereocenters. The third-order valence-corrected chi connectivity index (χ3v) is 9.41. The summed E-state index contributed by atoms with van der Waals surface area (Å²) in [4.78, 5) is 31.3. The van der Waals surface area contributed by atoms with Gasteiger partial charge in [0, 0.05) is 35.2 Å². The molecule has 162 valence electrons. The Morgan fingerprint density at radius 3 is 1.82 bits per heavy atom. The van der Waals surface area contributed by atoms with E-state index in [0.717, 1.165) is 19.3 Å². The molecule has 0 saturated heterocycles. The molecule has 0 amide bonds. The number of rotatable bonds is 2. The maximum Gasteiger partial charge on any atom is 0.197 e. The molecule has 6 heteroatoms. The van der Waals surface area contributed by atoms with E-state index in [2.05, 4.69) is 65.6 Å². The maximum atomic E-state index is 12.8. The summed E-state index contributed by atoms with van der Waals surface area (Å²) in [6.07, 6.45) is 1.75. The highest BCUT2D eigenvalue weighted by atomic mass is 32.2. The largest absolute Gasteiger partial charge is 0.300 e. The molecule has 3 aromatic carbocycles. The lowest BCUT2D eigenvalue weighted by atomic mass is 10.1. The summed E-state index contributed by atoms with van der Waals surface area (Å²) in [6, 6.07) is 28.3. The fraction of sp³-hybridized carbons (Fsp3) is 0. The Morgan fingerprint density at radius 2 is 1.21 bits per heavy atom. The number of para-hydroxylation sites is 2. The second-order valence-electron chi connectivity index (χ2n) is 8.10. The van der Waals surface area contributed by atoms with Crippen LogP contribution in [0.1, 0.15) is 25.6 Å². The normalized spacial score (nSPS) is 14.4. The molecule has 3 nitrogen and oxygen atoms in total. The summed E-state index contributed by atoms with van der Waals surface area (Å²) in [5.74, 6) is -0.367. The lowest BCUT2D eigenvalue weighted by molar-refractivity contribution is 0.0990. The third kappa shape index (κ3) is 2.96. The van der Waals surface area contributed by atoms with Gasteiger partial charge in [-0.3, -0.25) is 14.5 Å². The third-order valence-electron chi connectivity index (χ3n) is 6.06. The fourth-order valence-electron chi connectivity index (χ4n) is 4.51. The van der Waals surface area contributed by atoms with Crippen molar-refractivity contribution in [1.29, 1.82) is 0 Å². The number of benzene rings is 3. The first kappa shape index (κ1) is 20.0. The Morgan fingerprint density at radius 1 is 0.647 bits per heavy atom. The molecule has 34 heavy (non-hydrogen) atoms. The standard InChI is InChI=1S/C28H15NO2S3/c30-27-17-7-1-2-8-18(17)28(31)19(27)13-16-14-24-25(32-16)15-26(34-24)29-20-9-3-5-11-22(20)33-23-12-6-4-10-21(23)29/h1-15H. The minimum absolute atomic E-state index is 0.183. The minimum atomic E-state index is -0.183. The molecular weight excluding hydrogens is 479 g/mol. The number of ketones is 2. The van der Waals surface area contributed by atoms with Crippen LogP contribution in [0.3, 0.4) is 0 Å². The highest BCUT2D eigenvalue weighted by molar-refractivity contribution is 7.99. The highest BCUT2D eigenvalue weighted by Gasteiger charge is 2.33. The van der Waals surface area contributed by atoms with Crippen LogP contribution in [-0.4, -0.2) is 11.6 Å². The Bertz CT molecular complexity index is 1580. The molecule has 0 spiro atoms. The van der Waals surface area contributed by atoms with Crippen molar-refractivity contribution in [3.8, 4) is 0 Å². The second kappa shape index (κ2) is 7.53. The Labute approximate surface area is 208 Å². The summed E-state index contributed by atoms with van der Waals surface area (Å²) in [7, 11) is 0. The van der Waals surface area contributed by atoms with Gasteiger partial charge in [-0.05, 0) is 42.5 Å². The van der Waals surface area contributed by atoms with E-state index in [0.29, 0.717) is 11.1 Å². The minimum Gasteiger partial charge on any atom is -0.300 e. The highest BCUT2D eigenvalue weighted by Crippen LogP contribution is 2.53. The molecule has 3 heterocycles. The van der Waals surface area contributed by atoms with E-state index in [4.69, 9.17) is 0 Å². The average molecular weight is 494 g/mol. The molecule has 0 saturated carbocycles. The molecule has 0 radical (unpaired) electrons. The van der Waals surface area contributed by atoms with E-state index < -0.39 is 0 Å². The number of Topliss-reactive ketones (excluding diaryl/α,β-unsaturated/α-hetero) is 2. The Balaban J connectivity index is 1.29. The van der Waals surface area contributed by atoms with Crippen LogP contribution in [0.15, 0.2) is 100 Å². The zero-order valence-corrected chi connectivity index (χ0v) is 20.1. The van der Waals surface area contributed by atoms with Crippen LogP contribution in [0.25, 0.3) is 15.5 Å².